The van der Waals surface area contributed by atoms with E-state index < -0.39 is 9.84 Å². The number of pyridine rings is 1. The summed E-state index contributed by atoms with van der Waals surface area (Å²) < 4.78 is 33.4. The van der Waals surface area contributed by atoms with Gasteiger partial charge in [0.25, 0.3) is 0 Å². The van der Waals surface area contributed by atoms with Gasteiger partial charge in [-0.3, -0.25) is 9.88 Å². The molecule has 3 rings (SSSR count). The van der Waals surface area contributed by atoms with Gasteiger partial charge >= 0.3 is 0 Å². The summed E-state index contributed by atoms with van der Waals surface area (Å²) in [6.07, 6.45) is 6.80. The molecule has 0 unspecified atom stereocenters. The van der Waals surface area contributed by atoms with Crippen LogP contribution in [0.15, 0.2) is 35.9 Å². The summed E-state index contributed by atoms with van der Waals surface area (Å²) >= 11 is 0. The molecule has 8 heteroatoms. The first-order valence-corrected chi connectivity index (χ1v) is 11.5. The molecule has 1 aliphatic heterocycles. The number of nitrogens with zero attached hydrogens (tertiary/aromatic N) is 4. The number of hydrogen-bond donors (Lipinski definition) is 0. The Hall–Kier alpha value is -1.77. The van der Waals surface area contributed by atoms with Crippen molar-refractivity contribution in [1.82, 2.24) is 19.4 Å². The molecule has 0 bridgehead atoms. The van der Waals surface area contributed by atoms with E-state index in [1.54, 1.807) is 12.4 Å². The highest BCUT2D eigenvalue weighted by Crippen LogP contribution is 2.21. The van der Waals surface area contributed by atoms with Crippen molar-refractivity contribution in [2.75, 3.05) is 19.4 Å². The van der Waals surface area contributed by atoms with E-state index >= 15 is 0 Å². The number of imidazole rings is 1. The molecule has 0 saturated carbocycles. The van der Waals surface area contributed by atoms with Crippen molar-refractivity contribution in [3.63, 3.8) is 0 Å². The van der Waals surface area contributed by atoms with Crippen LogP contribution >= 0.6 is 0 Å². The van der Waals surface area contributed by atoms with Gasteiger partial charge in [-0.25, -0.2) is 13.4 Å². The SMILES string of the molecule is CC(C)Cn1c(CN(C)Cc2cccnc2)cnc1S(=O)(=O)C[C@@H]1CCCO1. The standard InChI is InChI=1S/C20H30N4O3S/c1-16(2)12-24-18(14-23(3)13-17-6-4-8-21-10-17)11-22-20(24)28(25,26)15-19-7-5-9-27-19/h4,6,8,10-11,16,19H,5,7,9,12-15H2,1-3H3/t19-/m0/s1. The lowest BCUT2D eigenvalue weighted by molar-refractivity contribution is 0.127. The third kappa shape index (κ3) is 5.40. The molecule has 0 spiro atoms. The fraction of sp³-hybridized carbons (Fsp3) is 0.600. The van der Waals surface area contributed by atoms with Gasteiger partial charge in [-0.2, -0.15) is 0 Å². The van der Waals surface area contributed by atoms with E-state index in [2.05, 4.69) is 28.7 Å². The molecule has 0 amide bonds. The van der Waals surface area contributed by atoms with Gasteiger partial charge in [-0.15, -0.1) is 0 Å². The van der Waals surface area contributed by atoms with Crippen LogP contribution in [0.1, 0.15) is 37.9 Å². The minimum Gasteiger partial charge on any atom is -0.377 e. The van der Waals surface area contributed by atoms with E-state index in [0.29, 0.717) is 25.6 Å². The second kappa shape index (κ2) is 9.15. The summed E-state index contributed by atoms with van der Waals surface area (Å²) in [5, 5.41) is 0.168. The lowest BCUT2D eigenvalue weighted by Crippen LogP contribution is -2.25. The summed E-state index contributed by atoms with van der Waals surface area (Å²) in [5.74, 6) is 0.320. The summed E-state index contributed by atoms with van der Waals surface area (Å²) in [5.41, 5.74) is 2.03. The zero-order chi connectivity index (χ0) is 20.1. The zero-order valence-corrected chi connectivity index (χ0v) is 17.7. The second-order valence-corrected chi connectivity index (χ2v) is 9.91. The molecule has 1 saturated heterocycles. The van der Waals surface area contributed by atoms with E-state index in [0.717, 1.165) is 30.6 Å². The average Bonchev–Trinajstić information content (AvgIpc) is 3.26. The molecular weight excluding hydrogens is 376 g/mol. The molecule has 1 fully saturated rings. The van der Waals surface area contributed by atoms with Crippen molar-refractivity contribution < 1.29 is 13.2 Å². The Morgan fingerprint density at radius 1 is 1.32 bits per heavy atom. The highest BCUT2D eigenvalue weighted by Gasteiger charge is 2.29. The van der Waals surface area contributed by atoms with Crippen molar-refractivity contribution in [2.45, 2.75) is 57.6 Å². The Morgan fingerprint density at radius 3 is 2.79 bits per heavy atom. The lowest BCUT2D eigenvalue weighted by atomic mass is 10.2. The molecule has 154 valence electrons. The maximum atomic E-state index is 13.0. The fourth-order valence-electron chi connectivity index (χ4n) is 3.56. The Balaban J connectivity index is 1.79. The molecule has 1 atom stereocenters. The van der Waals surface area contributed by atoms with Crippen LogP contribution in [0.25, 0.3) is 0 Å². The van der Waals surface area contributed by atoms with Gasteiger partial charge in [0.15, 0.2) is 0 Å². The number of sulfone groups is 1. The zero-order valence-electron chi connectivity index (χ0n) is 16.9. The number of ether oxygens (including phenoxy) is 1. The van der Waals surface area contributed by atoms with E-state index in [4.69, 9.17) is 4.74 Å². The highest BCUT2D eigenvalue weighted by atomic mass is 32.2. The molecule has 0 aliphatic carbocycles. The molecule has 7 nitrogen and oxygen atoms in total. The van der Waals surface area contributed by atoms with Gasteiger partial charge < -0.3 is 9.30 Å². The second-order valence-electron chi connectivity index (χ2n) is 7.99. The summed E-state index contributed by atoms with van der Waals surface area (Å²) in [7, 11) is -1.48. The van der Waals surface area contributed by atoms with Crippen molar-refractivity contribution >= 4 is 9.84 Å². The predicted molar refractivity (Wildman–Crippen MR) is 107 cm³/mol. The Bertz CT molecular complexity index is 859. The molecule has 2 aromatic heterocycles. The molecule has 3 heterocycles. The number of aromatic nitrogens is 3. The van der Waals surface area contributed by atoms with Crippen LogP contribution in [0.4, 0.5) is 0 Å². The van der Waals surface area contributed by atoms with Gasteiger partial charge in [0.05, 0.1) is 23.7 Å². The van der Waals surface area contributed by atoms with Gasteiger partial charge in [0, 0.05) is 38.6 Å². The summed E-state index contributed by atoms with van der Waals surface area (Å²) in [4.78, 5) is 10.6. The first kappa shape index (κ1) is 21.0. The topological polar surface area (TPSA) is 77.3 Å². The first-order chi connectivity index (χ1) is 13.3. The molecule has 1 aliphatic rings. The molecule has 0 N–H and O–H groups in total. The Kier molecular flexibility index (Phi) is 6.85. The van der Waals surface area contributed by atoms with Gasteiger partial charge in [0.1, 0.15) is 0 Å². The lowest BCUT2D eigenvalue weighted by Gasteiger charge is -2.20. The van der Waals surface area contributed by atoms with Gasteiger partial charge in [-0.1, -0.05) is 19.9 Å². The largest absolute Gasteiger partial charge is 0.377 e. The maximum absolute atomic E-state index is 13.0. The smallest absolute Gasteiger partial charge is 0.227 e. The highest BCUT2D eigenvalue weighted by molar-refractivity contribution is 7.91. The minimum atomic E-state index is -3.50. The minimum absolute atomic E-state index is 0.00702. The number of rotatable bonds is 9. The molecule has 28 heavy (non-hydrogen) atoms. The van der Waals surface area contributed by atoms with Crippen LogP contribution in [-0.2, 0) is 34.2 Å². The van der Waals surface area contributed by atoms with Crippen LogP contribution in [0, 0.1) is 5.92 Å². The third-order valence-corrected chi connectivity index (χ3v) is 6.46. The van der Waals surface area contributed by atoms with E-state index in [-0.39, 0.29) is 17.0 Å². The van der Waals surface area contributed by atoms with Crippen molar-refractivity contribution in [2.24, 2.45) is 5.92 Å². The molecule has 0 radical (unpaired) electrons. The first-order valence-electron chi connectivity index (χ1n) is 9.81. The van der Waals surface area contributed by atoms with Crippen LogP contribution in [0.5, 0.6) is 0 Å². The van der Waals surface area contributed by atoms with Crippen LogP contribution in [0.2, 0.25) is 0 Å². The van der Waals surface area contributed by atoms with Crippen LogP contribution in [0.3, 0.4) is 0 Å². The normalized spacial score (nSPS) is 17.7. The Labute approximate surface area is 167 Å². The van der Waals surface area contributed by atoms with E-state index in [1.807, 2.05) is 29.9 Å². The van der Waals surface area contributed by atoms with Crippen molar-refractivity contribution in [3.05, 3.63) is 42.0 Å². The quantitative estimate of drug-likeness (QED) is 0.637. The van der Waals surface area contributed by atoms with Crippen LogP contribution in [-0.4, -0.2) is 53.4 Å². The molecular formula is C20H30N4O3S. The van der Waals surface area contributed by atoms with Crippen LogP contribution < -0.4 is 0 Å². The average molecular weight is 407 g/mol. The molecule has 2 aromatic rings. The third-order valence-electron chi connectivity index (χ3n) is 4.76. The van der Waals surface area contributed by atoms with E-state index in [9.17, 15) is 8.42 Å². The molecule has 0 aromatic carbocycles. The van der Waals surface area contributed by atoms with Gasteiger partial charge in [-0.05, 0) is 37.4 Å². The summed E-state index contributed by atoms with van der Waals surface area (Å²) in [6.45, 7) is 6.78. The summed E-state index contributed by atoms with van der Waals surface area (Å²) in [6, 6.07) is 3.95. The van der Waals surface area contributed by atoms with Gasteiger partial charge in [0.2, 0.25) is 15.0 Å². The Morgan fingerprint density at radius 2 is 2.14 bits per heavy atom. The monoisotopic (exact) mass is 406 g/mol. The van der Waals surface area contributed by atoms with Crippen molar-refractivity contribution in [3.8, 4) is 0 Å². The van der Waals surface area contributed by atoms with E-state index in [1.165, 1.54) is 0 Å². The maximum Gasteiger partial charge on any atom is 0.227 e. The fourth-order valence-corrected chi connectivity index (χ4v) is 5.20. The number of hydrogen-bond acceptors (Lipinski definition) is 6. The van der Waals surface area contributed by atoms with Crippen molar-refractivity contribution in [1.29, 1.82) is 0 Å². The predicted octanol–water partition coefficient (Wildman–Crippen LogP) is 2.52.